The molecule has 11 rings (SSSR count). The fraction of sp³-hybridized carbons (Fsp3) is 0.125. The normalized spacial score (nSPS) is 14.0. The van der Waals surface area contributed by atoms with Crippen LogP contribution in [0.5, 0.6) is 0 Å². The van der Waals surface area contributed by atoms with Gasteiger partial charge in [-0.1, -0.05) is 95.5 Å². The van der Waals surface area contributed by atoms with Gasteiger partial charge in [-0.15, -0.1) is 0 Å². The largest absolute Gasteiger partial charge is 0.312 e. The number of hydrogen-bond donors (Lipinski definition) is 0. The Morgan fingerprint density at radius 3 is 1.34 bits per heavy atom. The van der Waals surface area contributed by atoms with Gasteiger partial charge in [0.15, 0.2) is 0 Å². The topological polar surface area (TPSA) is 9.72 Å². The number of benzene rings is 7. The van der Waals surface area contributed by atoms with Gasteiger partial charge in [0.2, 0.25) is 6.71 Å². The molecular formula is C48H39B2N3. The van der Waals surface area contributed by atoms with Gasteiger partial charge in [-0.3, -0.25) is 0 Å². The molecule has 4 heterocycles. The van der Waals surface area contributed by atoms with Crippen molar-refractivity contribution in [3.8, 4) is 0 Å². The molecule has 53 heavy (non-hydrogen) atoms. The molecule has 252 valence electrons. The molecule has 7 aromatic carbocycles. The van der Waals surface area contributed by atoms with Gasteiger partial charge in [0, 0.05) is 28.4 Å². The van der Waals surface area contributed by atoms with E-state index in [4.69, 9.17) is 0 Å². The smallest absolute Gasteiger partial charge is 0.252 e. The molecule has 0 atom stereocenters. The average molecular weight is 679 g/mol. The highest BCUT2D eigenvalue weighted by Crippen LogP contribution is 2.57. The summed E-state index contributed by atoms with van der Waals surface area (Å²) < 4.78 is 0. The van der Waals surface area contributed by atoms with E-state index in [1.54, 1.807) is 0 Å². The number of nitrogens with zero attached hydrogens (tertiary/aromatic N) is 3. The first-order chi connectivity index (χ1) is 25.7. The summed E-state index contributed by atoms with van der Waals surface area (Å²) in [5.41, 5.74) is 27.1. The zero-order valence-electron chi connectivity index (χ0n) is 31.1. The summed E-state index contributed by atoms with van der Waals surface area (Å²) in [7, 11) is 0. The summed E-state index contributed by atoms with van der Waals surface area (Å²) in [6, 6.07) is 49.3. The first-order valence-electron chi connectivity index (χ1n) is 18.9. The Balaban J connectivity index is 1.34. The van der Waals surface area contributed by atoms with Crippen molar-refractivity contribution in [2.24, 2.45) is 0 Å². The highest BCUT2D eigenvalue weighted by Gasteiger charge is 2.51. The minimum absolute atomic E-state index is 0.0677. The molecule has 0 spiro atoms. The Bertz CT molecular complexity index is 2500. The molecule has 4 aliphatic heterocycles. The molecule has 0 aliphatic carbocycles. The Hall–Kier alpha value is -5.93. The van der Waals surface area contributed by atoms with Crippen LogP contribution in [0.2, 0.25) is 0 Å². The zero-order chi connectivity index (χ0) is 35.9. The van der Waals surface area contributed by atoms with Crippen LogP contribution in [-0.2, 0) is 0 Å². The summed E-state index contributed by atoms with van der Waals surface area (Å²) in [6.07, 6.45) is 0. The molecule has 0 saturated carbocycles. The highest BCUT2D eigenvalue weighted by atomic mass is 15.3. The van der Waals surface area contributed by atoms with Crippen LogP contribution in [0.25, 0.3) is 0 Å². The molecule has 0 radical (unpaired) electrons. The van der Waals surface area contributed by atoms with Crippen molar-refractivity contribution >= 4 is 97.4 Å². The van der Waals surface area contributed by atoms with Crippen molar-refractivity contribution in [2.75, 3.05) is 14.7 Å². The van der Waals surface area contributed by atoms with Crippen LogP contribution in [0, 0.1) is 41.5 Å². The van der Waals surface area contributed by atoms with Crippen molar-refractivity contribution < 1.29 is 0 Å². The second-order valence-corrected chi connectivity index (χ2v) is 15.9. The fourth-order valence-electron chi connectivity index (χ4n) is 9.72. The molecule has 0 unspecified atom stereocenters. The first-order valence-corrected chi connectivity index (χ1v) is 18.9. The maximum atomic E-state index is 2.64. The maximum Gasteiger partial charge on any atom is 0.252 e. The van der Waals surface area contributed by atoms with Crippen LogP contribution in [0.4, 0.5) is 51.2 Å². The molecule has 3 nitrogen and oxygen atoms in total. The summed E-state index contributed by atoms with van der Waals surface area (Å²) in [6.45, 7) is 13.4. The number of fused-ring (bicyclic) bond motifs is 10. The summed E-state index contributed by atoms with van der Waals surface area (Å²) in [5, 5.41) is 0. The Labute approximate surface area is 313 Å². The lowest BCUT2D eigenvalue weighted by Gasteiger charge is -2.51. The van der Waals surface area contributed by atoms with Crippen LogP contribution in [0.3, 0.4) is 0 Å². The predicted molar refractivity (Wildman–Crippen MR) is 228 cm³/mol. The monoisotopic (exact) mass is 679 g/mol. The Kier molecular flexibility index (Phi) is 6.25. The molecule has 0 fully saturated rings. The van der Waals surface area contributed by atoms with Crippen molar-refractivity contribution in [3.05, 3.63) is 161 Å². The fourth-order valence-corrected chi connectivity index (χ4v) is 9.72. The molecule has 0 bridgehead atoms. The zero-order valence-corrected chi connectivity index (χ0v) is 31.1. The average Bonchev–Trinajstić information content (AvgIpc) is 3.15. The van der Waals surface area contributed by atoms with Crippen molar-refractivity contribution in [1.82, 2.24) is 0 Å². The van der Waals surface area contributed by atoms with Crippen LogP contribution < -0.4 is 47.5 Å². The number of hydrogen-bond acceptors (Lipinski definition) is 3. The van der Waals surface area contributed by atoms with Gasteiger partial charge in [0.1, 0.15) is 0 Å². The van der Waals surface area contributed by atoms with E-state index in [-0.39, 0.29) is 13.4 Å². The SMILES string of the molecule is Cc1ccc(B2c3ccc(C)cc3N3c4cc(C)ccc4B4c5ccc(C)cc5N5c6cc(C)ccc6N(c6ccc(C)cc6)c6cc2c3c4c65)cc1. The maximum absolute atomic E-state index is 2.64. The van der Waals surface area contributed by atoms with Gasteiger partial charge in [-0.25, -0.2) is 0 Å². The van der Waals surface area contributed by atoms with E-state index in [1.165, 1.54) is 117 Å². The number of anilines is 9. The Morgan fingerprint density at radius 2 is 0.774 bits per heavy atom. The van der Waals surface area contributed by atoms with Crippen LogP contribution in [0.15, 0.2) is 127 Å². The van der Waals surface area contributed by atoms with E-state index in [1.807, 2.05) is 0 Å². The lowest BCUT2D eigenvalue weighted by molar-refractivity contribution is 1.16. The van der Waals surface area contributed by atoms with Gasteiger partial charge in [0.25, 0.3) is 6.71 Å². The second-order valence-electron chi connectivity index (χ2n) is 15.9. The molecule has 0 aromatic heterocycles. The molecule has 0 saturated heterocycles. The van der Waals surface area contributed by atoms with Crippen molar-refractivity contribution in [2.45, 2.75) is 41.5 Å². The van der Waals surface area contributed by atoms with E-state index in [0.717, 1.165) is 0 Å². The molecule has 7 aromatic rings. The lowest BCUT2D eigenvalue weighted by atomic mass is 9.29. The van der Waals surface area contributed by atoms with E-state index >= 15 is 0 Å². The predicted octanol–water partition coefficient (Wildman–Crippen LogP) is 8.23. The third-order valence-corrected chi connectivity index (χ3v) is 12.1. The molecule has 0 N–H and O–H groups in total. The van der Waals surface area contributed by atoms with Gasteiger partial charge in [-0.05, 0) is 140 Å². The highest BCUT2D eigenvalue weighted by molar-refractivity contribution is 7.03. The second kappa shape index (κ2) is 10.8. The van der Waals surface area contributed by atoms with E-state index < -0.39 is 0 Å². The summed E-state index contributed by atoms with van der Waals surface area (Å²) >= 11 is 0. The molecular weight excluding hydrogens is 640 g/mol. The Morgan fingerprint density at radius 1 is 0.321 bits per heavy atom. The van der Waals surface area contributed by atoms with E-state index in [2.05, 4.69) is 184 Å². The standard InChI is InChI=1S/C48H39B2N3/c1-28-7-15-34(16-8-28)49-36-19-11-30(3)23-41(36)52-42-24-31(4)12-20-37(42)50-38-21-13-32(5)25-43(38)53-44-26-33(6)14-22-40(44)51(35-17-9-29(2)10-18-35)45-27-39(49)47(52)46(50)48(45)53/h7-27H,1-6H3. The van der Waals surface area contributed by atoms with Gasteiger partial charge >= 0.3 is 0 Å². The molecule has 0 amide bonds. The minimum atomic E-state index is 0.0677. The third kappa shape index (κ3) is 4.19. The van der Waals surface area contributed by atoms with Crippen LogP contribution in [-0.4, -0.2) is 13.4 Å². The van der Waals surface area contributed by atoms with Crippen LogP contribution >= 0.6 is 0 Å². The van der Waals surface area contributed by atoms with Gasteiger partial charge < -0.3 is 14.7 Å². The lowest BCUT2D eigenvalue weighted by Crippen LogP contribution is -2.67. The number of aryl methyl sites for hydroxylation is 6. The quantitative estimate of drug-likeness (QED) is 0.171. The van der Waals surface area contributed by atoms with Crippen LogP contribution in [0.1, 0.15) is 33.4 Å². The number of rotatable bonds is 2. The van der Waals surface area contributed by atoms with Crippen molar-refractivity contribution in [3.63, 3.8) is 0 Å². The molecule has 5 heteroatoms. The third-order valence-electron chi connectivity index (χ3n) is 12.1. The minimum Gasteiger partial charge on any atom is -0.312 e. The van der Waals surface area contributed by atoms with E-state index in [0.29, 0.717) is 0 Å². The summed E-state index contributed by atoms with van der Waals surface area (Å²) in [5.74, 6) is 0. The van der Waals surface area contributed by atoms with Gasteiger partial charge in [0.05, 0.1) is 22.7 Å². The summed E-state index contributed by atoms with van der Waals surface area (Å²) in [4.78, 5) is 7.79. The van der Waals surface area contributed by atoms with E-state index in [9.17, 15) is 0 Å². The van der Waals surface area contributed by atoms with Gasteiger partial charge in [-0.2, -0.15) is 0 Å². The first kappa shape index (κ1) is 30.7. The molecule has 4 aliphatic rings. The van der Waals surface area contributed by atoms with Crippen molar-refractivity contribution in [1.29, 1.82) is 0 Å².